The topological polar surface area (TPSA) is 82.6 Å². The van der Waals surface area contributed by atoms with Crippen LogP contribution in [0, 0.1) is 5.82 Å². The zero-order chi connectivity index (χ0) is 17.9. The summed E-state index contributed by atoms with van der Waals surface area (Å²) in [4.78, 5) is 17.6. The molecule has 2 amide bonds. The van der Waals surface area contributed by atoms with E-state index in [1.807, 2.05) is 0 Å². The lowest BCUT2D eigenvalue weighted by Crippen LogP contribution is -2.51. The third-order valence-electron chi connectivity index (χ3n) is 3.87. The number of aromatic nitrogens is 1. The van der Waals surface area contributed by atoms with Gasteiger partial charge in [0.2, 0.25) is 10.0 Å². The van der Waals surface area contributed by atoms with Crippen molar-refractivity contribution in [1.29, 1.82) is 0 Å². The molecule has 0 spiro atoms. The molecule has 1 aliphatic heterocycles. The third-order valence-corrected chi connectivity index (χ3v) is 5.77. The zero-order valence-corrected chi connectivity index (χ0v) is 14.1. The average Bonchev–Trinajstić information content (AvgIpc) is 2.62. The first-order valence-electron chi connectivity index (χ1n) is 7.68. The van der Waals surface area contributed by atoms with Gasteiger partial charge in [-0.25, -0.2) is 17.6 Å². The van der Waals surface area contributed by atoms with Gasteiger partial charge in [-0.2, -0.15) is 4.31 Å². The molecule has 0 bridgehead atoms. The van der Waals surface area contributed by atoms with Crippen LogP contribution >= 0.6 is 0 Å². The molecule has 1 N–H and O–H groups in total. The van der Waals surface area contributed by atoms with Gasteiger partial charge in [0, 0.05) is 32.4 Å². The minimum Gasteiger partial charge on any atom is -0.322 e. The lowest BCUT2D eigenvalue weighted by molar-refractivity contribution is 0.184. The van der Waals surface area contributed by atoms with Crippen molar-refractivity contribution in [3.8, 4) is 0 Å². The molecule has 25 heavy (non-hydrogen) atoms. The van der Waals surface area contributed by atoms with E-state index in [0.717, 1.165) is 6.07 Å². The third kappa shape index (κ3) is 3.94. The fourth-order valence-corrected chi connectivity index (χ4v) is 4.00. The van der Waals surface area contributed by atoms with Gasteiger partial charge < -0.3 is 10.2 Å². The van der Waals surface area contributed by atoms with Crippen molar-refractivity contribution in [2.45, 2.75) is 4.90 Å². The van der Waals surface area contributed by atoms with Gasteiger partial charge in [-0.3, -0.25) is 4.98 Å². The van der Waals surface area contributed by atoms with E-state index in [4.69, 9.17) is 0 Å². The molecule has 1 saturated heterocycles. The largest absolute Gasteiger partial charge is 0.322 e. The maximum atomic E-state index is 13.3. The molecular formula is C16H17FN4O3S. The highest BCUT2D eigenvalue weighted by atomic mass is 32.2. The summed E-state index contributed by atoms with van der Waals surface area (Å²) in [6.07, 6.45) is 3.13. The van der Waals surface area contributed by atoms with Crippen LogP contribution in [0.3, 0.4) is 0 Å². The van der Waals surface area contributed by atoms with Crippen LogP contribution < -0.4 is 5.32 Å². The molecule has 0 radical (unpaired) electrons. The van der Waals surface area contributed by atoms with Crippen LogP contribution in [0.1, 0.15) is 0 Å². The number of sulfonamides is 1. The second kappa shape index (κ2) is 7.16. The van der Waals surface area contributed by atoms with Crippen molar-refractivity contribution in [3.63, 3.8) is 0 Å². The Labute approximate surface area is 145 Å². The Bertz CT molecular complexity index is 853. The molecule has 0 atom stereocenters. The molecule has 2 aromatic rings. The molecule has 1 aromatic carbocycles. The Morgan fingerprint density at radius 1 is 1.12 bits per heavy atom. The predicted octanol–water partition coefficient (Wildman–Crippen LogP) is 1.76. The summed E-state index contributed by atoms with van der Waals surface area (Å²) in [5.74, 6) is -0.601. The van der Waals surface area contributed by atoms with Gasteiger partial charge in [-0.15, -0.1) is 0 Å². The lowest BCUT2D eigenvalue weighted by Gasteiger charge is -2.33. The number of benzene rings is 1. The summed E-state index contributed by atoms with van der Waals surface area (Å²) in [7, 11) is -3.77. The lowest BCUT2D eigenvalue weighted by atomic mass is 10.3. The molecule has 9 heteroatoms. The van der Waals surface area contributed by atoms with Crippen molar-refractivity contribution >= 4 is 21.7 Å². The molecule has 0 unspecified atom stereocenters. The number of carbonyl (C=O) groups is 1. The minimum absolute atomic E-state index is 0.0826. The highest BCUT2D eigenvalue weighted by molar-refractivity contribution is 7.89. The van der Waals surface area contributed by atoms with Crippen LogP contribution in [-0.2, 0) is 10.0 Å². The predicted molar refractivity (Wildman–Crippen MR) is 90.0 cm³/mol. The number of pyridine rings is 1. The first-order chi connectivity index (χ1) is 12.0. The summed E-state index contributed by atoms with van der Waals surface area (Å²) in [6, 6.07) is 8.03. The monoisotopic (exact) mass is 364 g/mol. The second-order valence-corrected chi connectivity index (χ2v) is 7.46. The van der Waals surface area contributed by atoms with Gasteiger partial charge in [-0.1, -0.05) is 6.07 Å². The first kappa shape index (κ1) is 17.3. The molecule has 0 aliphatic carbocycles. The van der Waals surface area contributed by atoms with Crippen LogP contribution in [0.25, 0.3) is 0 Å². The Balaban J connectivity index is 1.62. The Morgan fingerprint density at radius 3 is 2.52 bits per heavy atom. The summed E-state index contributed by atoms with van der Waals surface area (Å²) in [5.41, 5.74) is 0.572. The Kier molecular flexibility index (Phi) is 4.95. The standard InChI is InChI=1S/C16H17FN4O3S/c17-13-3-1-5-15(11-13)25(23,24)21-9-7-20(8-10-21)16(22)19-14-4-2-6-18-12-14/h1-6,11-12H,7-10H2,(H,19,22). The molecule has 2 heterocycles. The number of piperazine rings is 1. The molecule has 1 fully saturated rings. The van der Waals surface area contributed by atoms with Crippen molar-refractivity contribution in [1.82, 2.24) is 14.2 Å². The van der Waals surface area contributed by atoms with Gasteiger partial charge in [0.05, 0.1) is 16.8 Å². The first-order valence-corrected chi connectivity index (χ1v) is 9.12. The van der Waals surface area contributed by atoms with Crippen molar-refractivity contribution in [3.05, 3.63) is 54.6 Å². The Hall–Kier alpha value is -2.52. The van der Waals surface area contributed by atoms with Gasteiger partial charge in [0.15, 0.2) is 0 Å². The molecule has 1 aromatic heterocycles. The van der Waals surface area contributed by atoms with Gasteiger partial charge in [0.1, 0.15) is 5.82 Å². The maximum Gasteiger partial charge on any atom is 0.321 e. The van der Waals surface area contributed by atoms with E-state index in [9.17, 15) is 17.6 Å². The smallest absolute Gasteiger partial charge is 0.321 e. The SMILES string of the molecule is O=C(Nc1cccnc1)N1CCN(S(=O)(=O)c2cccc(F)c2)CC1. The molecule has 7 nitrogen and oxygen atoms in total. The fraction of sp³-hybridized carbons (Fsp3) is 0.250. The molecule has 1 aliphatic rings. The normalized spacial score (nSPS) is 15.8. The number of amides is 2. The van der Waals surface area contributed by atoms with Crippen molar-refractivity contribution in [2.24, 2.45) is 0 Å². The highest BCUT2D eigenvalue weighted by Crippen LogP contribution is 2.18. The van der Waals surface area contributed by atoms with Crippen LogP contribution in [0.2, 0.25) is 0 Å². The zero-order valence-electron chi connectivity index (χ0n) is 13.3. The van der Waals surface area contributed by atoms with E-state index in [1.165, 1.54) is 33.6 Å². The number of nitrogens with one attached hydrogen (secondary N) is 1. The van der Waals surface area contributed by atoms with E-state index in [0.29, 0.717) is 5.69 Å². The fourth-order valence-electron chi connectivity index (χ4n) is 2.55. The van der Waals surface area contributed by atoms with Crippen LogP contribution in [0.4, 0.5) is 14.9 Å². The van der Waals surface area contributed by atoms with E-state index in [1.54, 1.807) is 18.3 Å². The van der Waals surface area contributed by atoms with E-state index < -0.39 is 15.8 Å². The number of halogens is 1. The molecule has 0 saturated carbocycles. The maximum absolute atomic E-state index is 13.3. The van der Waals surface area contributed by atoms with E-state index >= 15 is 0 Å². The van der Waals surface area contributed by atoms with Crippen molar-refractivity contribution in [2.75, 3.05) is 31.5 Å². The summed E-state index contributed by atoms with van der Waals surface area (Å²) < 4.78 is 39.6. The van der Waals surface area contributed by atoms with Crippen molar-refractivity contribution < 1.29 is 17.6 Å². The van der Waals surface area contributed by atoms with E-state index in [-0.39, 0.29) is 37.1 Å². The average molecular weight is 364 g/mol. The van der Waals surface area contributed by atoms with Gasteiger partial charge in [-0.05, 0) is 30.3 Å². The number of rotatable bonds is 3. The number of carbonyl (C=O) groups excluding carboxylic acids is 1. The molecular weight excluding hydrogens is 347 g/mol. The minimum atomic E-state index is -3.77. The summed E-state index contributed by atoms with van der Waals surface area (Å²) in [6.45, 7) is 0.805. The quantitative estimate of drug-likeness (QED) is 0.900. The number of anilines is 1. The summed E-state index contributed by atoms with van der Waals surface area (Å²) in [5, 5.41) is 2.71. The van der Waals surface area contributed by atoms with Crippen LogP contribution in [-0.4, -0.2) is 54.8 Å². The second-order valence-electron chi connectivity index (χ2n) is 5.52. The highest BCUT2D eigenvalue weighted by Gasteiger charge is 2.30. The summed E-state index contributed by atoms with van der Waals surface area (Å²) >= 11 is 0. The van der Waals surface area contributed by atoms with Crippen LogP contribution in [0.15, 0.2) is 53.7 Å². The van der Waals surface area contributed by atoms with Crippen LogP contribution in [0.5, 0.6) is 0 Å². The number of urea groups is 1. The van der Waals surface area contributed by atoms with Gasteiger partial charge in [0.25, 0.3) is 0 Å². The number of nitrogens with zero attached hydrogens (tertiary/aromatic N) is 3. The number of hydrogen-bond acceptors (Lipinski definition) is 4. The molecule has 3 rings (SSSR count). The van der Waals surface area contributed by atoms with E-state index in [2.05, 4.69) is 10.3 Å². The van der Waals surface area contributed by atoms with Gasteiger partial charge >= 0.3 is 6.03 Å². The Morgan fingerprint density at radius 2 is 1.88 bits per heavy atom. The molecule has 132 valence electrons. The number of hydrogen-bond donors (Lipinski definition) is 1.